The first-order valence-electron chi connectivity index (χ1n) is 10.1. The lowest BCUT2D eigenvalue weighted by molar-refractivity contribution is 0.0947. The summed E-state index contributed by atoms with van der Waals surface area (Å²) < 4.78 is 5.35. The van der Waals surface area contributed by atoms with Crippen molar-refractivity contribution in [2.24, 2.45) is 0 Å². The maximum absolute atomic E-state index is 12.3. The fourth-order valence-electron chi connectivity index (χ4n) is 3.45. The fourth-order valence-corrected chi connectivity index (χ4v) is 4.66. The van der Waals surface area contributed by atoms with Crippen molar-refractivity contribution in [1.29, 1.82) is 0 Å². The van der Waals surface area contributed by atoms with E-state index in [0.717, 1.165) is 54.6 Å². The molecule has 0 saturated carbocycles. The first kappa shape index (κ1) is 21.0. The van der Waals surface area contributed by atoms with Gasteiger partial charge in [-0.15, -0.1) is 0 Å². The van der Waals surface area contributed by atoms with Gasteiger partial charge in [0.1, 0.15) is 5.82 Å². The van der Waals surface area contributed by atoms with Crippen molar-refractivity contribution in [3.05, 3.63) is 76.0 Å². The third-order valence-electron chi connectivity index (χ3n) is 5.14. The van der Waals surface area contributed by atoms with E-state index in [4.69, 9.17) is 4.98 Å². The Balaban J connectivity index is 1.21. The summed E-state index contributed by atoms with van der Waals surface area (Å²) in [5.41, 5.74) is 1.90. The van der Waals surface area contributed by atoms with Crippen molar-refractivity contribution in [3.8, 4) is 0 Å². The molecule has 3 aromatic rings. The molecule has 0 spiro atoms. The molecule has 0 aliphatic carbocycles. The van der Waals surface area contributed by atoms with Crippen LogP contribution in [0.4, 0.5) is 5.13 Å². The smallest absolute Gasteiger partial charge is 0.252 e. The third-order valence-corrected chi connectivity index (χ3v) is 6.64. The number of halogens is 1. The first-order valence-corrected chi connectivity index (χ1v) is 11.6. The fraction of sp³-hybridized carbons (Fsp3) is 0.318. The van der Waals surface area contributed by atoms with Crippen LogP contribution in [0.15, 0.2) is 59.1 Å². The maximum atomic E-state index is 12.3. The zero-order valence-electron chi connectivity index (χ0n) is 16.6. The van der Waals surface area contributed by atoms with E-state index < -0.39 is 0 Å². The van der Waals surface area contributed by atoms with Crippen LogP contribution in [0, 0.1) is 0 Å². The minimum absolute atomic E-state index is 0.0408. The topological polar surface area (TPSA) is 61.4 Å². The Hall–Kier alpha value is -2.29. The number of hydrogen-bond donors (Lipinski definition) is 1. The van der Waals surface area contributed by atoms with E-state index in [-0.39, 0.29) is 5.91 Å². The number of piperazine rings is 1. The van der Waals surface area contributed by atoms with Crippen molar-refractivity contribution < 1.29 is 4.79 Å². The normalized spacial score (nSPS) is 14.6. The summed E-state index contributed by atoms with van der Waals surface area (Å²) in [4.78, 5) is 21.7. The highest BCUT2D eigenvalue weighted by atomic mass is 79.9. The Bertz CT molecular complexity index is 972. The van der Waals surface area contributed by atoms with Crippen molar-refractivity contribution in [1.82, 2.24) is 19.6 Å². The molecule has 4 rings (SSSR count). The summed E-state index contributed by atoms with van der Waals surface area (Å²) in [6.45, 7) is 5.26. The van der Waals surface area contributed by atoms with E-state index in [1.54, 1.807) is 0 Å². The summed E-state index contributed by atoms with van der Waals surface area (Å²) in [5.74, 6) is 0.847. The van der Waals surface area contributed by atoms with E-state index in [1.165, 1.54) is 17.1 Å². The Morgan fingerprint density at radius 1 is 1.03 bits per heavy atom. The van der Waals surface area contributed by atoms with Crippen LogP contribution in [-0.2, 0) is 6.42 Å². The molecule has 0 radical (unpaired) electrons. The number of aromatic nitrogens is 2. The lowest BCUT2D eigenvalue weighted by Crippen LogP contribution is -2.48. The van der Waals surface area contributed by atoms with Crippen LogP contribution in [0.1, 0.15) is 21.7 Å². The number of rotatable bonds is 7. The second-order valence-corrected chi connectivity index (χ2v) is 8.80. The highest BCUT2D eigenvalue weighted by molar-refractivity contribution is 9.10. The molecule has 1 aliphatic heterocycles. The minimum atomic E-state index is -0.0408. The molecule has 30 heavy (non-hydrogen) atoms. The molecule has 0 bridgehead atoms. The SMILES string of the molecule is O=C(NCCN1CCN(c2nc(Cc3ccccc3)ns2)CC1)c1ccccc1Br. The first-order chi connectivity index (χ1) is 14.7. The molecular weight excluding hydrogens is 462 g/mol. The molecule has 0 unspecified atom stereocenters. The van der Waals surface area contributed by atoms with Crippen molar-refractivity contribution in [2.75, 3.05) is 44.2 Å². The van der Waals surface area contributed by atoms with Crippen molar-refractivity contribution >= 4 is 38.5 Å². The molecule has 2 aromatic carbocycles. The molecule has 2 heterocycles. The highest BCUT2D eigenvalue weighted by Gasteiger charge is 2.20. The van der Waals surface area contributed by atoms with Gasteiger partial charge in [0, 0.05) is 61.7 Å². The van der Waals surface area contributed by atoms with Gasteiger partial charge < -0.3 is 10.2 Å². The van der Waals surface area contributed by atoms with Gasteiger partial charge in [-0.05, 0) is 33.6 Å². The zero-order chi connectivity index (χ0) is 20.8. The van der Waals surface area contributed by atoms with Crippen molar-refractivity contribution in [2.45, 2.75) is 6.42 Å². The molecule has 1 saturated heterocycles. The standard InChI is InChI=1S/C22H24BrN5OS/c23-19-9-5-4-8-18(19)21(29)24-10-11-27-12-14-28(15-13-27)22-25-20(26-30-22)16-17-6-2-1-3-7-17/h1-9H,10-16H2,(H,24,29). The van der Waals surface area contributed by atoms with Crippen LogP contribution in [0.25, 0.3) is 0 Å². The molecule has 1 amide bonds. The number of hydrogen-bond acceptors (Lipinski definition) is 6. The number of carbonyl (C=O) groups is 1. The van der Waals surface area contributed by atoms with Gasteiger partial charge in [-0.2, -0.15) is 4.37 Å². The molecule has 6 nitrogen and oxygen atoms in total. The average Bonchev–Trinajstić information content (AvgIpc) is 3.23. The van der Waals surface area contributed by atoms with Gasteiger partial charge in [-0.25, -0.2) is 4.98 Å². The quantitative estimate of drug-likeness (QED) is 0.555. The number of nitrogens with zero attached hydrogens (tertiary/aromatic N) is 4. The molecule has 156 valence electrons. The second-order valence-electron chi connectivity index (χ2n) is 7.22. The van der Waals surface area contributed by atoms with Gasteiger partial charge in [-0.1, -0.05) is 42.5 Å². The molecular formula is C22H24BrN5OS. The number of carbonyl (C=O) groups excluding carboxylic acids is 1. The van der Waals surface area contributed by atoms with Gasteiger partial charge in [0.15, 0.2) is 0 Å². The van der Waals surface area contributed by atoms with Crippen molar-refractivity contribution in [3.63, 3.8) is 0 Å². The molecule has 8 heteroatoms. The highest BCUT2D eigenvalue weighted by Crippen LogP contribution is 2.20. The molecule has 1 aromatic heterocycles. The molecule has 1 N–H and O–H groups in total. The monoisotopic (exact) mass is 485 g/mol. The van der Waals surface area contributed by atoms with E-state index in [2.05, 4.69) is 47.6 Å². The van der Waals surface area contributed by atoms with Crippen LogP contribution in [0.2, 0.25) is 0 Å². The Kier molecular flexibility index (Phi) is 7.09. The van der Waals surface area contributed by atoms with E-state index >= 15 is 0 Å². The lowest BCUT2D eigenvalue weighted by atomic mass is 10.1. The summed E-state index contributed by atoms with van der Waals surface area (Å²) in [5, 5.41) is 4.01. The predicted octanol–water partition coefficient (Wildman–Crippen LogP) is 3.44. The van der Waals surface area contributed by atoms with Crippen LogP contribution >= 0.6 is 27.5 Å². The summed E-state index contributed by atoms with van der Waals surface area (Å²) in [6, 6.07) is 17.8. The largest absolute Gasteiger partial charge is 0.351 e. The van der Waals surface area contributed by atoms with Gasteiger partial charge in [0.2, 0.25) is 5.13 Å². The van der Waals surface area contributed by atoms with Crippen LogP contribution in [0.5, 0.6) is 0 Å². The molecule has 1 fully saturated rings. The molecule has 1 aliphatic rings. The average molecular weight is 486 g/mol. The van der Waals surface area contributed by atoms with Gasteiger partial charge in [0.25, 0.3) is 5.91 Å². The van der Waals surface area contributed by atoms with E-state index in [1.807, 2.05) is 42.5 Å². The number of benzene rings is 2. The number of anilines is 1. The van der Waals surface area contributed by atoms with Gasteiger partial charge >= 0.3 is 0 Å². The predicted molar refractivity (Wildman–Crippen MR) is 124 cm³/mol. The lowest BCUT2D eigenvalue weighted by Gasteiger charge is -2.34. The summed E-state index contributed by atoms with van der Waals surface area (Å²) >= 11 is 4.91. The van der Waals surface area contributed by atoms with E-state index in [9.17, 15) is 4.79 Å². The minimum Gasteiger partial charge on any atom is -0.351 e. The van der Waals surface area contributed by atoms with Crippen LogP contribution in [0.3, 0.4) is 0 Å². The number of amides is 1. The maximum Gasteiger partial charge on any atom is 0.252 e. The Morgan fingerprint density at radius 2 is 1.77 bits per heavy atom. The zero-order valence-corrected chi connectivity index (χ0v) is 19.0. The number of nitrogens with one attached hydrogen (secondary N) is 1. The molecule has 0 atom stereocenters. The Labute approximate surface area is 189 Å². The Morgan fingerprint density at radius 3 is 2.53 bits per heavy atom. The van der Waals surface area contributed by atoms with Crippen LogP contribution in [-0.4, -0.2) is 59.4 Å². The van der Waals surface area contributed by atoms with Crippen LogP contribution < -0.4 is 10.2 Å². The second kappa shape index (κ2) is 10.1. The summed E-state index contributed by atoms with van der Waals surface area (Å²) in [6.07, 6.45) is 0.772. The summed E-state index contributed by atoms with van der Waals surface area (Å²) in [7, 11) is 0. The van der Waals surface area contributed by atoms with Gasteiger partial charge in [-0.3, -0.25) is 9.69 Å². The van der Waals surface area contributed by atoms with Gasteiger partial charge in [0.05, 0.1) is 5.56 Å². The van der Waals surface area contributed by atoms with E-state index in [0.29, 0.717) is 12.1 Å². The third kappa shape index (κ3) is 5.44.